The SMILES string of the molecule is CC[C@H](c1ccccc1)[S@@](=O)CC(=O)NCc1sccc1C. The Kier molecular flexibility index (Phi) is 6.34. The molecule has 1 amide bonds. The first-order chi connectivity index (χ1) is 10.6. The molecule has 0 spiro atoms. The fourth-order valence-electron chi connectivity index (χ4n) is 2.29. The molecule has 0 radical (unpaired) electrons. The van der Waals surface area contributed by atoms with Gasteiger partial charge in [-0.2, -0.15) is 0 Å². The highest BCUT2D eigenvalue weighted by Gasteiger charge is 2.19. The summed E-state index contributed by atoms with van der Waals surface area (Å²) in [6.07, 6.45) is 0.758. The molecule has 0 aliphatic rings. The molecule has 3 nitrogen and oxygen atoms in total. The van der Waals surface area contributed by atoms with Gasteiger partial charge in [0.1, 0.15) is 5.75 Å². The zero-order valence-corrected chi connectivity index (χ0v) is 14.5. The second-order valence-corrected chi connectivity index (χ2v) is 7.76. The first kappa shape index (κ1) is 16.9. The minimum Gasteiger partial charge on any atom is -0.350 e. The number of carbonyl (C=O) groups excluding carboxylic acids is 1. The largest absolute Gasteiger partial charge is 0.350 e. The number of thiophene rings is 1. The normalized spacial score (nSPS) is 13.5. The van der Waals surface area contributed by atoms with E-state index < -0.39 is 10.8 Å². The summed E-state index contributed by atoms with van der Waals surface area (Å²) in [5.74, 6) is -0.0989. The van der Waals surface area contributed by atoms with Crippen LogP contribution >= 0.6 is 11.3 Å². The molecule has 2 rings (SSSR count). The van der Waals surface area contributed by atoms with Gasteiger partial charge in [-0.1, -0.05) is 37.3 Å². The summed E-state index contributed by atoms with van der Waals surface area (Å²) in [5.41, 5.74) is 2.22. The van der Waals surface area contributed by atoms with E-state index in [4.69, 9.17) is 0 Å². The average Bonchev–Trinajstić information content (AvgIpc) is 2.92. The van der Waals surface area contributed by atoms with E-state index in [1.54, 1.807) is 11.3 Å². The molecule has 0 saturated carbocycles. The summed E-state index contributed by atoms with van der Waals surface area (Å²) < 4.78 is 12.5. The summed E-state index contributed by atoms with van der Waals surface area (Å²) in [6, 6.07) is 11.8. The lowest BCUT2D eigenvalue weighted by molar-refractivity contribution is -0.118. The van der Waals surface area contributed by atoms with Crippen molar-refractivity contribution in [3.63, 3.8) is 0 Å². The highest BCUT2D eigenvalue weighted by Crippen LogP contribution is 2.23. The zero-order valence-electron chi connectivity index (χ0n) is 12.9. The van der Waals surface area contributed by atoms with E-state index in [0.717, 1.165) is 16.9 Å². The Morgan fingerprint density at radius 2 is 2.00 bits per heavy atom. The molecule has 0 aliphatic carbocycles. The van der Waals surface area contributed by atoms with Crippen LogP contribution in [0.15, 0.2) is 41.8 Å². The molecule has 0 aliphatic heterocycles. The quantitative estimate of drug-likeness (QED) is 0.841. The van der Waals surface area contributed by atoms with E-state index in [-0.39, 0.29) is 16.9 Å². The van der Waals surface area contributed by atoms with Gasteiger partial charge >= 0.3 is 0 Å². The van der Waals surface area contributed by atoms with Crippen LogP contribution in [0, 0.1) is 6.92 Å². The Morgan fingerprint density at radius 3 is 2.59 bits per heavy atom. The molecule has 2 aromatic rings. The predicted molar refractivity (Wildman–Crippen MR) is 93.4 cm³/mol. The van der Waals surface area contributed by atoms with Crippen LogP contribution in [0.1, 0.15) is 34.6 Å². The maximum Gasteiger partial charge on any atom is 0.232 e. The first-order valence-corrected chi connectivity index (χ1v) is 9.59. The predicted octanol–water partition coefficient (Wildman–Crippen LogP) is 3.57. The van der Waals surface area contributed by atoms with E-state index >= 15 is 0 Å². The van der Waals surface area contributed by atoms with Gasteiger partial charge in [0.2, 0.25) is 5.91 Å². The molecule has 0 fully saturated rings. The Labute approximate surface area is 138 Å². The standard InChI is InChI=1S/C17H21NO2S2/c1-3-16(14-7-5-4-6-8-14)22(20)12-17(19)18-11-15-13(2)9-10-21-15/h4-10,16H,3,11-12H2,1-2H3,(H,18,19)/t16-,22+/m1/s1. The molecular weight excluding hydrogens is 314 g/mol. The van der Waals surface area contributed by atoms with Crippen LogP contribution < -0.4 is 5.32 Å². The Balaban J connectivity index is 1.90. The molecule has 5 heteroatoms. The van der Waals surface area contributed by atoms with Crippen LogP contribution in [-0.4, -0.2) is 15.9 Å². The van der Waals surface area contributed by atoms with Crippen molar-refractivity contribution in [3.05, 3.63) is 57.8 Å². The molecule has 0 unspecified atom stereocenters. The number of aryl methyl sites for hydroxylation is 1. The lowest BCUT2D eigenvalue weighted by Gasteiger charge is -2.15. The number of hydrogen-bond acceptors (Lipinski definition) is 3. The molecule has 22 heavy (non-hydrogen) atoms. The number of rotatable bonds is 7. The van der Waals surface area contributed by atoms with Gasteiger partial charge < -0.3 is 5.32 Å². The van der Waals surface area contributed by atoms with E-state index in [2.05, 4.69) is 5.32 Å². The van der Waals surface area contributed by atoms with Gasteiger partial charge in [0, 0.05) is 15.7 Å². The van der Waals surface area contributed by atoms with Gasteiger partial charge in [0.05, 0.1) is 11.8 Å². The minimum absolute atomic E-state index is 0.0534. The van der Waals surface area contributed by atoms with Gasteiger partial charge in [-0.05, 0) is 35.9 Å². The highest BCUT2D eigenvalue weighted by atomic mass is 32.2. The van der Waals surface area contributed by atoms with Gasteiger partial charge in [-0.25, -0.2) is 0 Å². The average molecular weight is 335 g/mol. The van der Waals surface area contributed by atoms with Crippen molar-refractivity contribution in [3.8, 4) is 0 Å². The summed E-state index contributed by atoms with van der Waals surface area (Å²) in [6.45, 7) is 4.54. The van der Waals surface area contributed by atoms with Crippen molar-refractivity contribution in [1.82, 2.24) is 5.32 Å². The number of benzene rings is 1. The van der Waals surface area contributed by atoms with Crippen LogP contribution in [0.2, 0.25) is 0 Å². The van der Waals surface area contributed by atoms with E-state index in [0.29, 0.717) is 6.54 Å². The van der Waals surface area contributed by atoms with Crippen molar-refractivity contribution in [2.45, 2.75) is 32.1 Å². The fraction of sp³-hybridized carbons (Fsp3) is 0.353. The van der Waals surface area contributed by atoms with Gasteiger partial charge in [-0.15, -0.1) is 11.3 Å². The number of carbonyl (C=O) groups is 1. The molecular formula is C17H21NO2S2. The lowest BCUT2D eigenvalue weighted by Crippen LogP contribution is -2.29. The van der Waals surface area contributed by atoms with Gasteiger partial charge in [0.15, 0.2) is 0 Å². The van der Waals surface area contributed by atoms with Crippen LogP contribution in [0.3, 0.4) is 0 Å². The maximum atomic E-state index is 12.5. The third-order valence-corrected chi connectivity index (χ3v) is 6.36. The topological polar surface area (TPSA) is 46.2 Å². The third kappa shape index (κ3) is 4.52. The Morgan fingerprint density at radius 1 is 1.27 bits per heavy atom. The van der Waals surface area contributed by atoms with Gasteiger partial charge in [-0.3, -0.25) is 9.00 Å². The Bertz CT molecular complexity index is 637. The summed E-state index contributed by atoms with van der Waals surface area (Å²) in [4.78, 5) is 13.2. The van der Waals surface area contributed by atoms with E-state index in [1.807, 2.05) is 55.6 Å². The van der Waals surface area contributed by atoms with Crippen molar-refractivity contribution in [2.75, 3.05) is 5.75 Å². The lowest BCUT2D eigenvalue weighted by atomic mass is 10.1. The Hall–Kier alpha value is -1.46. The highest BCUT2D eigenvalue weighted by molar-refractivity contribution is 7.86. The minimum atomic E-state index is -1.20. The van der Waals surface area contributed by atoms with Crippen LogP contribution in [-0.2, 0) is 22.1 Å². The number of amides is 1. The second kappa shape index (κ2) is 8.25. The van der Waals surface area contributed by atoms with E-state index in [1.165, 1.54) is 5.56 Å². The van der Waals surface area contributed by atoms with Crippen LogP contribution in [0.5, 0.6) is 0 Å². The summed E-state index contributed by atoms with van der Waals surface area (Å²) in [5, 5.41) is 4.79. The molecule has 0 saturated heterocycles. The number of hydrogen-bond donors (Lipinski definition) is 1. The molecule has 1 heterocycles. The van der Waals surface area contributed by atoms with Crippen LogP contribution in [0.4, 0.5) is 0 Å². The molecule has 1 N–H and O–H groups in total. The molecule has 0 bridgehead atoms. The fourth-order valence-corrected chi connectivity index (χ4v) is 4.53. The van der Waals surface area contributed by atoms with Crippen molar-refractivity contribution in [1.29, 1.82) is 0 Å². The smallest absolute Gasteiger partial charge is 0.232 e. The third-order valence-electron chi connectivity index (χ3n) is 3.55. The second-order valence-electron chi connectivity index (χ2n) is 5.14. The number of nitrogens with one attached hydrogen (secondary N) is 1. The summed E-state index contributed by atoms with van der Waals surface area (Å²) >= 11 is 1.63. The van der Waals surface area contributed by atoms with E-state index in [9.17, 15) is 9.00 Å². The van der Waals surface area contributed by atoms with Crippen molar-refractivity contribution >= 4 is 28.0 Å². The maximum absolute atomic E-state index is 12.5. The summed E-state index contributed by atoms with van der Waals surface area (Å²) in [7, 11) is -1.20. The molecule has 118 valence electrons. The van der Waals surface area contributed by atoms with Crippen molar-refractivity contribution in [2.24, 2.45) is 0 Å². The van der Waals surface area contributed by atoms with Crippen LogP contribution in [0.25, 0.3) is 0 Å². The molecule has 1 aromatic heterocycles. The van der Waals surface area contributed by atoms with Crippen molar-refractivity contribution < 1.29 is 9.00 Å². The molecule has 2 atom stereocenters. The first-order valence-electron chi connectivity index (χ1n) is 7.33. The monoisotopic (exact) mass is 335 g/mol. The molecule has 1 aromatic carbocycles. The van der Waals surface area contributed by atoms with Gasteiger partial charge in [0.25, 0.3) is 0 Å². The zero-order chi connectivity index (χ0) is 15.9.